The highest BCUT2D eigenvalue weighted by atomic mass is 32.2. The van der Waals surface area contributed by atoms with Crippen LogP contribution >= 0.6 is 11.8 Å². The van der Waals surface area contributed by atoms with Gasteiger partial charge in [-0.15, -0.1) is 0 Å². The monoisotopic (exact) mass is 482 g/mol. The van der Waals surface area contributed by atoms with Crippen LogP contribution in [0.4, 0.5) is 0 Å². The standard InChI is InChI=1S/C26H30N2O5S/c1-26(2,3)18-11-9-17(10-12-18)22(29)27-21(13-16-34-4)25(32)33-15-14-28-23(30)19-7-5-6-8-20(19)24(28)31/h5-12,21H,13-16H2,1-4H3,(H,27,29)/t21-/m0/s1. The molecule has 1 heterocycles. The van der Waals surface area contributed by atoms with E-state index in [1.54, 1.807) is 48.2 Å². The Balaban J connectivity index is 1.58. The molecule has 1 N–H and O–H groups in total. The summed E-state index contributed by atoms with van der Waals surface area (Å²) < 4.78 is 5.35. The summed E-state index contributed by atoms with van der Waals surface area (Å²) in [5.41, 5.74) is 2.23. The number of fused-ring (bicyclic) bond motifs is 1. The van der Waals surface area contributed by atoms with E-state index in [1.165, 1.54) is 0 Å². The van der Waals surface area contributed by atoms with Crippen LogP contribution in [0.25, 0.3) is 0 Å². The summed E-state index contributed by atoms with van der Waals surface area (Å²) in [6.07, 6.45) is 2.32. The number of amides is 3. The Morgan fingerprint density at radius 1 is 1.00 bits per heavy atom. The molecule has 0 aromatic heterocycles. The highest BCUT2D eigenvalue weighted by Crippen LogP contribution is 2.23. The third-order valence-corrected chi connectivity index (χ3v) is 6.29. The van der Waals surface area contributed by atoms with Gasteiger partial charge in [-0.3, -0.25) is 19.3 Å². The number of thioether (sulfide) groups is 1. The minimum Gasteiger partial charge on any atom is -0.462 e. The first-order valence-electron chi connectivity index (χ1n) is 11.2. The van der Waals surface area contributed by atoms with E-state index >= 15 is 0 Å². The van der Waals surface area contributed by atoms with Crippen molar-refractivity contribution in [2.75, 3.05) is 25.2 Å². The van der Waals surface area contributed by atoms with Crippen LogP contribution in [0.1, 0.15) is 63.8 Å². The maximum Gasteiger partial charge on any atom is 0.328 e. The first-order valence-corrected chi connectivity index (χ1v) is 12.5. The average molecular weight is 483 g/mol. The molecule has 1 aliphatic rings. The quantitative estimate of drug-likeness (QED) is 0.433. The van der Waals surface area contributed by atoms with E-state index in [0.717, 1.165) is 10.5 Å². The molecule has 0 radical (unpaired) electrons. The molecule has 0 bridgehead atoms. The number of carbonyl (C=O) groups excluding carboxylic acids is 4. The minimum absolute atomic E-state index is 0.0286. The number of nitrogens with one attached hydrogen (secondary N) is 1. The van der Waals surface area contributed by atoms with E-state index in [-0.39, 0.29) is 24.5 Å². The lowest BCUT2D eigenvalue weighted by atomic mass is 9.86. The molecule has 34 heavy (non-hydrogen) atoms. The average Bonchev–Trinajstić information content (AvgIpc) is 3.06. The first-order chi connectivity index (χ1) is 16.1. The van der Waals surface area contributed by atoms with E-state index < -0.39 is 23.8 Å². The van der Waals surface area contributed by atoms with E-state index in [0.29, 0.717) is 28.9 Å². The van der Waals surface area contributed by atoms with Gasteiger partial charge < -0.3 is 10.1 Å². The van der Waals surface area contributed by atoms with E-state index in [2.05, 4.69) is 26.1 Å². The van der Waals surface area contributed by atoms with Crippen molar-refractivity contribution in [3.8, 4) is 0 Å². The van der Waals surface area contributed by atoms with Gasteiger partial charge >= 0.3 is 5.97 Å². The molecule has 0 unspecified atom stereocenters. The zero-order valence-electron chi connectivity index (χ0n) is 19.9. The molecule has 0 fully saturated rings. The van der Waals surface area contributed by atoms with Crippen molar-refractivity contribution in [3.05, 3.63) is 70.8 Å². The SMILES string of the molecule is CSCC[C@H](NC(=O)c1ccc(C(C)(C)C)cc1)C(=O)OCCN1C(=O)c2ccccc2C1=O. The minimum atomic E-state index is -0.829. The van der Waals surface area contributed by atoms with Crippen molar-refractivity contribution in [1.82, 2.24) is 10.2 Å². The number of ether oxygens (including phenoxy) is 1. The molecule has 8 heteroatoms. The van der Waals surface area contributed by atoms with Crippen LogP contribution in [0.2, 0.25) is 0 Å². The summed E-state index contributed by atoms with van der Waals surface area (Å²) in [4.78, 5) is 51.5. The van der Waals surface area contributed by atoms with Crippen LogP contribution in [0.3, 0.4) is 0 Å². The van der Waals surface area contributed by atoms with Crippen molar-refractivity contribution < 1.29 is 23.9 Å². The molecule has 7 nitrogen and oxygen atoms in total. The van der Waals surface area contributed by atoms with E-state index in [9.17, 15) is 19.2 Å². The van der Waals surface area contributed by atoms with Gasteiger partial charge in [0.2, 0.25) is 0 Å². The van der Waals surface area contributed by atoms with Crippen LogP contribution in [-0.2, 0) is 14.9 Å². The summed E-state index contributed by atoms with van der Waals surface area (Å²) in [7, 11) is 0. The topological polar surface area (TPSA) is 92.8 Å². The molecule has 3 rings (SSSR count). The van der Waals surface area contributed by atoms with E-state index in [4.69, 9.17) is 4.74 Å². The van der Waals surface area contributed by atoms with Gasteiger partial charge in [0.15, 0.2) is 0 Å². The Bertz CT molecular complexity index is 1040. The third kappa shape index (κ3) is 5.86. The Morgan fingerprint density at radius 3 is 2.12 bits per heavy atom. The van der Waals surface area contributed by atoms with Gasteiger partial charge in [-0.05, 0) is 53.7 Å². The summed E-state index contributed by atoms with van der Waals surface area (Å²) >= 11 is 1.56. The largest absolute Gasteiger partial charge is 0.462 e. The van der Waals surface area contributed by atoms with Crippen LogP contribution in [0.15, 0.2) is 48.5 Å². The summed E-state index contributed by atoms with van der Waals surface area (Å²) in [6, 6.07) is 13.1. The van der Waals surface area contributed by atoms with E-state index in [1.807, 2.05) is 18.4 Å². The zero-order chi connectivity index (χ0) is 24.9. The molecule has 180 valence electrons. The summed E-state index contributed by atoms with van der Waals surface area (Å²) in [6.45, 7) is 6.10. The normalized spacial score (nSPS) is 14.1. The second kappa shape index (κ2) is 10.9. The van der Waals surface area contributed by atoms with Crippen LogP contribution in [-0.4, -0.2) is 59.8 Å². The van der Waals surface area contributed by atoms with Gasteiger partial charge in [0, 0.05) is 5.56 Å². The molecule has 1 atom stereocenters. The Hall–Kier alpha value is -3.13. The molecular weight excluding hydrogens is 452 g/mol. The molecule has 2 aromatic carbocycles. The molecule has 2 aromatic rings. The predicted molar refractivity (Wildman–Crippen MR) is 132 cm³/mol. The van der Waals surface area contributed by atoms with Crippen LogP contribution in [0.5, 0.6) is 0 Å². The molecule has 0 spiro atoms. The summed E-state index contributed by atoms with van der Waals surface area (Å²) in [5, 5.41) is 2.76. The molecule has 0 saturated heterocycles. The first kappa shape index (κ1) is 25.5. The fourth-order valence-corrected chi connectivity index (χ4v) is 4.10. The number of benzene rings is 2. The second-order valence-electron chi connectivity index (χ2n) is 9.11. The van der Waals surface area contributed by atoms with Crippen molar-refractivity contribution in [3.63, 3.8) is 0 Å². The zero-order valence-corrected chi connectivity index (χ0v) is 20.7. The predicted octanol–water partition coefficient (Wildman–Crippen LogP) is 3.68. The maximum atomic E-state index is 12.8. The van der Waals surface area contributed by atoms with Gasteiger partial charge in [0.25, 0.3) is 17.7 Å². The fraction of sp³-hybridized carbons (Fsp3) is 0.385. The lowest BCUT2D eigenvalue weighted by molar-refractivity contribution is -0.146. The second-order valence-corrected chi connectivity index (χ2v) is 10.1. The number of nitrogens with zero attached hydrogens (tertiary/aromatic N) is 1. The van der Waals surface area contributed by atoms with Crippen LogP contribution in [0, 0.1) is 0 Å². The number of imide groups is 1. The Morgan fingerprint density at radius 2 is 1.59 bits per heavy atom. The van der Waals surface area contributed by atoms with Gasteiger partial charge in [-0.25, -0.2) is 4.79 Å². The number of carbonyl (C=O) groups is 4. The Kier molecular flexibility index (Phi) is 8.15. The number of esters is 1. The van der Waals surface area contributed by atoms with Crippen LogP contribution < -0.4 is 5.32 Å². The lowest BCUT2D eigenvalue weighted by Crippen LogP contribution is -2.43. The number of rotatable bonds is 9. The molecule has 0 saturated carbocycles. The Labute approximate surface area is 204 Å². The number of hydrogen-bond acceptors (Lipinski definition) is 6. The van der Waals surface area contributed by atoms with Gasteiger partial charge in [0.1, 0.15) is 12.6 Å². The maximum absolute atomic E-state index is 12.8. The number of hydrogen-bond donors (Lipinski definition) is 1. The van der Waals surface area contributed by atoms with Crippen molar-refractivity contribution >= 4 is 35.5 Å². The molecular formula is C26H30N2O5S. The van der Waals surface area contributed by atoms with Gasteiger partial charge in [-0.2, -0.15) is 11.8 Å². The van der Waals surface area contributed by atoms with Gasteiger partial charge in [0.05, 0.1) is 17.7 Å². The highest BCUT2D eigenvalue weighted by molar-refractivity contribution is 7.98. The lowest BCUT2D eigenvalue weighted by Gasteiger charge is -2.20. The smallest absolute Gasteiger partial charge is 0.328 e. The van der Waals surface area contributed by atoms with Crippen molar-refractivity contribution in [2.45, 2.75) is 38.6 Å². The van der Waals surface area contributed by atoms with Crippen molar-refractivity contribution in [1.29, 1.82) is 0 Å². The molecule has 0 aliphatic carbocycles. The summed E-state index contributed by atoms with van der Waals surface area (Å²) in [5.74, 6) is -1.10. The molecule has 3 amide bonds. The van der Waals surface area contributed by atoms with Gasteiger partial charge in [-0.1, -0.05) is 45.0 Å². The molecule has 1 aliphatic heterocycles. The fourth-order valence-electron chi connectivity index (χ4n) is 3.63. The third-order valence-electron chi connectivity index (χ3n) is 5.65. The highest BCUT2D eigenvalue weighted by Gasteiger charge is 2.35. The van der Waals surface area contributed by atoms with Crippen molar-refractivity contribution in [2.24, 2.45) is 0 Å².